The molecule has 0 aliphatic rings. The number of hydrogen-bond acceptors (Lipinski definition) is 4. The molecule has 0 atom stereocenters. The quantitative estimate of drug-likeness (QED) is 0.560. The molecule has 0 saturated heterocycles. The first-order valence-corrected chi connectivity index (χ1v) is 7.17. The van der Waals surface area contributed by atoms with Gasteiger partial charge in [0.05, 0.1) is 13.2 Å². The van der Waals surface area contributed by atoms with E-state index in [0.29, 0.717) is 26.2 Å². The molecule has 0 heterocycles. The Morgan fingerprint density at radius 2 is 2.00 bits per heavy atom. The first kappa shape index (κ1) is 17.5. The van der Waals surface area contributed by atoms with E-state index in [1.807, 2.05) is 25.1 Å². The molecule has 21 heavy (non-hydrogen) atoms. The van der Waals surface area contributed by atoms with Crippen molar-refractivity contribution in [1.82, 2.24) is 0 Å². The molecule has 0 amide bonds. The SMILES string of the molecule is COCCCOCCOc1ccc(C#CCCO)cc1C. The summed E-state index contributed by atoms with van der Waals surface area (Å²) in [6, 6.07) is 5.83. The molecule has 1 aromatic carbocycles. The van der Waals surface area contributed by atoms with Crippen LogP contribution in [0, 0.1) is 18.8 Å². The maximum atomic E-state index is 8.69. The van der Waals surface area contributed by atoms with Gasteiger partial charge in [-0.1, -0.05) is 11.8 Å². The first-order valence-electron chi connectivity index (χ1n) is 7.17. The van der Waals surface area contributed by atoms with Crippen molar-refractivity contribution < 1.29 is 19.3 Å². The van der Waals surface area contributed by atoms with Gasteiger partial charge in [0.1, 0.15) is 12.4 Å². The van der Waals surface area contributed by atoms with E-state index in [1.54, 1.807) is 7.11 Å². The Balaban J connectivity index is 2.31. The van der Waals surface area contributed by atoms with Crippen molar-refractivity contribution in [2.24, 2.45) is 0 Å². The maximum Gasteiger partial charge on any atom is 0.122 e. The number of aliphatic hydroxyl groups is 1. The molecule has 0 aliphatic carbocycles. The van der Waals surface area contributed by atoms with Crippen LogP contribution < -0.4 is 4.74 Å². The average molecular weight is 292 g/mol. The molecule has 0 unspecified atom stereocenters. The summed E-state index contributed by atoms with van der Waals surface area (Å²) >= 11 is 0. The second kappa shape index (κ2) is 11.2. The van der Waals surface area contributed by atoms with Crippen LogP contribution in [-0.2, 0) is 9.47 Å². The molecule has 0 spiro atoms. The molecule has 0 bridgehead atoms. The van der Waals surface area contributed by atoms with E-state index in [1.165, 1.54) is 0 Å². The molecule has 1 rings (SSSR count). The third kappa shape index (κ3) is 7.72. The van der Waals surface area contributed by atoms with E-state index in [9.17, 15) is 0 Å². The summed E-state index contributed by atoms with van der Waals surface area (Å²) in [6.45, 7) is 4.60. The fourth-order valence-corrected chi connectivity index (χ4v) is 1.73. The molecule has 0 aromatic heterocycles. The maximum absolute atomic E-state index is 8.69. The van der Waals surface area contributed by atoms with Crippen LogP contribution in [0.3, 0.4) is 0 Å². The zero-order valence-corrected chi connectivity index (χ0v) is 12.9. The number of hydrogen-bond donors (Lipinski definition) is 1. The second-order valence-electron chi connectivity index (χ2n) is 4.56. The predicted octanol–water partition coefficient (Wildman–Crippen LogP) is 2.16. The smallest absolute Gasteiger partial charge is 0.122 e. The van der Waals surface area contributed by atoms with Crippen LogP contribution in [0.25, 0.3) is 0 Å². The Morgan fingerprint density at radius 3 is 2.71 bits per heavy atom. The van der Waals surface area contributed by atoms with Crippen molar-refractivity contribution in [3.8, 4) is 17.6 Å². The summed E-state index contributed by atoms with van der Waals surface area (Å²) in [6.07, 6.45) is 1.40. The zero-order chi connectivity index (χ0) is 15.3. The van der Waals surface area contributed by atoms with Crippen molar-refractivity contribution in [2.75, 3.05) is 40.1 Å². The molecule has 1 N–H and O–H groups in total. The van der Waals surface area contributed by atoms with E-state index in [-0.39, 0.29) is 6.61 Å². The number of rotatable bonds is 9. The number of aryl methyl sites for hydroxylation is 1. The van der Waals surface area contributed by atoms with E-state index in [0.717, 1.165) is 29.9 Å². The Morgan fingerprint density at radius 1 is 1.14 bits per heavy atom. The Hall–Kier alpha value is -1.54. The minimum absolute atomic E-state index is 0.0948. The monoisotopic (exact) mass is 292 g/mol. The summed E-state index contributed by atoms with van der Waals surface area (Å²) in [5.41, 5.74) is 1.98. The lowest BCUT2D eigenvalue weighted by Crippen LogP contribution is -2.09. The predicted molar refractivity (Wildman–Crippen MR) is 82.6 cm³/mol. The minimum atomic E-state index is 0.0948. The summed E-state index contributed by atoms with van der Waals surface area (Å²) in [5.74, 6) is 6.76. The van der Waals surface area contributed by atoms with E-state index in [4.69, 9.17) is 19.3 Å². The van der Waals surface area contributed by atoms with Gasteiger partial charge < -0.3 is 19.3 Å². The lowest BCUT2D eigenvalue weighted by atomic mass is 10.1. The second-order valence-corrected chi connectivity index (χ2v) is 4.56. The third-order valence-corrected chi connectivity index (χ3v) is 2.77. The molecule has 4 nitrogen and oxygen atoms in total. The van der Waals surface area contributed by atoms with Gasteiger partial charge >= 0.3 is 0 Å². The van der Waals surface area contributed by atoms with Crippen molar-refractivity contribution >= 4 is 0 Å². The van der Waals surface area contributed by atoms with Gasteiger partial charge in [0.2, 0.25) is 0 Å². The molecule has 116 valence electrons. The Kier molecular flexibility index (Phi) is 9.30. The van der Waals surface area contributed by atoms with Crippen LogP contribution in [0.5, 0.6) is 5.75 Å². The highest BCUT2D eigenvalue weighted by molar-refractivity contribution is 5.43. The van der Waals surface area contributed by atoms with Gasteiger partial charge in [0, 0.05) is 32.3 Å². The summed E-state index contributed by atoms with van der Waals surface area (Å²) in [7, 11) is 1.68. The van der Waals surface area contributed by atoms with Crippen molar-refractivity contribution in [2.45, 2.75) is 19.8 Å². The largest absolute Gasteiger partial charge is 0.491 e. The molecule has 0 radical (unpaired) electrons. The van der Waals surface area contributed by atoms with Gasteiger partial charge in [-0.25, -0.2) is 0 Å². The zero-order valence-electron chi connectivity index (χ0n) is 12.9. The highest BCUT2D eigenvalue weighted by Gasteiger charge is 2.00. The minimum Gasteiger partial charge on any atom is -0.491 e. The summed E-state index contributed by atoms with van der Waals surface area (Å²) in [5, 5.41) is 8.69. The number of ether oxygens (including phenoxy) is 3. The fraction of sp³-hybridized carbons (Fsp3) is 0.529. The third-order valence-electron chi connectivity index (χ3n) is 2.77. The van der Waals surface area contributed by atoms with Crippen LogP contribution in [0.2, 0.25) is 0 Å². The molecule has 1 aromatic rings. The molecule has 0 saturated carbocycles. The van der Waals surface area contributed by atoms with Crippen molar-refractivity contribution in [3.05, 3.63) is 29.3 Å². The van der Waals surface area contributed by atoms with Crippen LogP contribution in [-0.4, -0.2) is 45.3 Å². The van der Waals surface area contributed by atoms with Crippen LogP contribution in [0.4, 0.5) is 0 Å². The lowest BCUT2D eigenvalue weighted by molar-refractivity contribution is 0.0805. The highest BCUT2D eigenvalue weighted by Crippen LogP contribution is 2.18. The number of methoxy groups -OCH3 is 1. The van der Waals surface area contributed by atoms with Gasteiger partial charge in [-0.2, -0.15) is 0 Å². The molecular weight excluding hydrogens is 268 g/mol. The van der Waals surface area contributed by atoms with Gasteiger partial charge in [-0.3, -0.25) is 0 Å². The number of aliphatic hydroxyl groups excluding tert-OH is 1. The molecule has 0 fully saturated rings. The average Bonchev–Trinajstić information content (AvgIpc) is 2.48. The molecular formula is C17H24O4. The van der Waals surface area contributed by atoms with Gasteiger partial charge in [-0.05, 0) is 37.1 Å². The van der Waals surface area contributed by atoms with Crippen molar-refractivity contribution in [3.63, 3.8) is 0 Å². The highest BCUT2D eigenvalue weighted by atomic mass is 16.5. The Bertz CT molecular complexity index is 460. The van der Waals surface area contributed by atoms with Crippen molar-refractivity contribution in [1.29, 1.82) is 0 Å². The van der Waals surface area contributed by atoms with Crippen LogP contribution in [0.1, 0.15) is 24.0 Å². The summed E-state index contributed by atoms with van der Waals surface area (Å²) < 4.78 is 16.1. The van der Waals surface area contributed by atoms with E-state index < -0.39 is 0 Å². The fourth-order valence-electron chi connectivity index (χ4n) is 1.73. The van der Waals surface area contributed by atoms with E-state index >= 15 is 0 Å². The Labute approximate surface area is 127 Å². The number of benzene rings is 1. The topological polar surface area (TPSA) is 47.9 Å². The van der Waals surface area contributed by atoms with E-state index in [2.05, 4.69) is 11.8 Å². The first-order chi connectivity index (χ1) is 10.3. The summed E-state index contributed by atoms with van der Waals surface area (Å²) in [4.78, 5) is 0. The molecule has 0 aliphatic heterocycles. The van der Waals surface area contributed by atoms with Gasteiger partial charge in [-0.15, -0.1) is 0 Å². The van der Waals surface area contributed by atoms with Gasteiger partial charge in [0.25, 0.3) is 0 Å². The van der Waals surface area contributed by atoms with Crippen LogP contribution in [0.15, 0.2) is 18.2 Å². The standard InChI is InChI=1S/C17H24O4/c1-15-14-16(6-3-4-9-18)7-8-17(15)21-13-12-20-11-5-10-19-2/h7-8,14,18H,4-5,9-13H2,1-2H3. The van der Waals surface area contributed by atoms with Gasteiger partial charge in [0.15, 0.2) is 0 Å². The van der Waals surface area contributed by atoms with Crippen LogP contribution >= 0.6 is 0 Å². The lowest BCUT2D eigenvalue weighted by Gasteiger charge is -2.09. The normalized spacial score (nSPS) is 10.0. The molecule has 4 heteroatoms.